The van der Waals surface area contributed by atoms with Gasteiger partial charge in [0.25, 0.3) is 6.20 Å². The van der Waals surface area contributed by atoms with Gasteiger partial charge in [-0.25, -0.2) is 4.98 Å². The van der Waals surface area contributed by atoms with Crippen molar-refractivity contribution in [3.63, 3.8) is 0 Å². The summed E-state index contributed by atoms with van der Waals surface area (Å²) < 4.78 is 37.9. The third kappa shape index (κ3) is 4.21. The van der Waals surface area contributed by atoms with Gasteiger partial charge in [0.1, 0.15) is 5.15 Å². The SMILES string of the molecule is [2H]C([2H])([2H])C([2H])([2H])N(Cc1ccc(Cl)nc1)/C(=C/[N+](=O)[O-])NC. The largest absolute Gasteiger partial charge is 0.370 e. The molecule has 0 radical (unpaired) electrons. The van der Waals surface area contributed by atoms with Gasteiger partial charge < -0.3 is 10.2 Å². The molecular weight excluding hydrogens is 256 g/mol. The lowest BCUT2D eigenvalue weighted by Gasteiger charge is -2.23. The second-order valence-electron chi connectivity index (χ2n) is 3.24. The molecular formula is C11H15ClN4O2. The van der Waals surface area contributed by atoms with Crippen molar-refractivity contribution in [2.24, 2.45) is 0 Å². The van der Waals surface area contributed by atoms with Gasteiger partial charge in [-0.3, -0.25) is 10.1 Å². The van der Waals surface area contributed by atoms with E-state index in [-0.39, 0.29) is 17.5 Å². The van der Waals surface area contributed by atoms with E-state index in [1.54, 1.807) is 0 Å². The van der Waals surface area contributed by atoms with Crippen LogP contribution in [0.25, 0.3) is 0 Å². The minimum atomic E-state index is -3.03. The number of nitrogens with one attached hydrogen (secondary N) is 1. The summed E-state index contributed by atoms with van der Waals surface area (Å²) in [4.78, 5) is 14.5. The number of hydrogen-bond acceptors (Lipinski definition) is 5. The molecule has 0 bridgehead atoms. The third-order valence-corrected chi connectivity index (χ3v) is 2.26. The Labute approximate surface area is 117 Å². The molecule has 0 aliphatic heterocycles. The molecule has 7 heteroatoms. The van der Waals surface area contributed by atoms with E-state index < -0.39 is 18.3 Å². The lowest BCUT2D eigenvalue weighted by atomic mass is 10.2. The molecule has 0 aromatic carbocycles. The highest BCUT2D eigenvalue weighted by Gasteiger charge is 2.11. The van der Waals surface area contributed by atoms with E-state index in [0.29, 0.717) is 11.8 Å². The van der Waals surface area contributed by atoms with Gasteiger partial charge in [0.15, 0.2) is 5.82 Å². The molecule has 0 atom stereocenters. The maximum atomic E-state index is 10.7. The van der Waals surface area contributed by atoms with Gasteiger partial charge in [0.2, 0.25) is 0 Å². The molecule has 0 amide bonds. The van der Waals surface area contributed by atoms with Crippen molar-refractivity contribution in [1.29, 1.82) is 0 Å². The van der Waals surface area contributed by atoms with Gasteiger partial charge in [-0.05, 0) is 18.5 Å². The van der Waals surface area contributed by atoms with Crippen molar-refractivity contribution >= 4 is 11.6 Å². The summed E-state index contributed by atoms with van der Waals surface area (Å²) in [5, 5.41) is 13.4. The van der Waals surface area contributed by atoms with E-state index in [2.05, 4.69) is 10.3 Å². The normalized spacial score (nSPS) is 16.8. The molecule has 0 aliphatic carbocycles. The Bertz CT molecular complexity index is 591. The maximum Gasteiger partial charge on any atom is 0.274 e. The summed E-state index contributed by atoms with van der Waals surface area (Å²) in [6, 6.07) is 2.98. The van der Waals surface area contributed by atoms with Gasteiger partial charge in [0, 0.05) is 33.1 Å². The topological polar surface area (TPSA) is 71.3 Å². The quantitative estimate of drug-likeness (QED) is 0.487. The monoisotopic (exact) mass is 275 g/mol. The zero-order valence-electron chi connectivity index (χ0n) is 14.6. The van der Waals surface area contributed by atoms with Gasteiger partial charge in [-0.1, -0.05) is 17.7 Å². The second kappa shape index (κ2) is 6.80. The molecule has 0 saturated carbocycles. The number of hydrogen-bond donors (Lipinski definition) is 1. The van der Waals surface area contributed by atoms with Crippen LogP contribution in [0, 0.1) is 10.1 Å². The molecule has 1 aromatic heterocycles. The van der Waals surface area contributed by atoms with E-state index in [0.717, 1.165) is 4.90 Å². The molecule has 0 aliphatic rings. The number of halogens is 1. The highest BCUT2D eigenvalue weighted by molar-refractivity contribution is 6.29. The molecule has 1 aromatic rings. The fourth-order valence-corrected chi connectivity index (χ4v) is 1.35. The molecule has 1 N–H and O–H groups in total. The first-order valence-electron chi connectivity index (χ1n) is 7.40. The van der Waals surface area contributed by atoms with E-state index in [1.807, 2.05) is 0 Å². The van der Waals surface area contributed by atoms with Crippen LogP contribution in [0.2, 0.25) is 5.15 Å². The highest BCUT2D eigenvalue weighted by Crippen LogP contribution is 2.10. The molecule has 6 nitrogen and oxygen atoms in total. The van der Waals surface area contributed by atoms with Crippen LogP contribution in [0.3, 0.4) is 0 Å². The van der Waals surface area contributed by atoms with Crippen LogP contribution in [0.4, 0.5) is 0 Å². The van der Waals surface area contributed by atoms with Gasteiger partial charge in [0.05, 0.1) is 4.92 Å². The van der Waals surface area contributed by atoms with Crippen molar-refractivity contribution in [1.82, 2.24) is 15.2 Å². The summed E-state index contributed by atoms with van der Waals surface area (Å²) >= 11 is 5.67. The van der Waals surface area contributed by atoms with Crippen molar-refractivity contribution in [3.8, 4) is 0 Å². The molecule has 1 rings (SSSR count). The summed E-state index contributed by atoms with van der Waals surface area (Å²) in [7, 11) is 1.33. The Morgan fingerprint density at radius 3 is 3.11 bits per heavy atom. The Morgan fingerprint density at radius 2 is 2.61 bits per heavy atom. The number of rotatable bonds is 6. The molecule has 0 spiro atoms. The average molecular weight is 276 g/mol. The first-order valence-corrected chi connectivity index (χ1v) is 5.28. The number of nitrogens with zero attached hydrogens (tertiary/aromatic N) is 3. The predicted octanol–water partition coefficient (Wildman–Crippen LogP) is 1.85. The fourth-order valence-electron chi connectivity index (χ4n) is 1.24. The Balaban J connectivity index is 3.30. The standard InChI is InChI=1S/C11H15ClN4O2/c1-3-15(11(13-2)8-16(17)18)7-9-4-5-10(12)14-6-9/h4-6,8,13H,3,7H2,1-2H3/b11-8+/i1D3,3D2. The summed E-state index contributed by atoms with van der Waals surface area (Å²) in [6.45, 7) is -6.13. The smallest absolute Gasteiger partial charge is 0.274 e. The number of aromatic nitrogens is 1. The van der Waals surface area contributed by atoms with Gasteiger partial charge in [-0.2, -0.15) is 0 Å². The van der Waals surface area contributed by atoms with Crippen LogP contribution < -0.4 is 5.32 Å². The van der Waals surface area contributed by atoms with Crippen molar-refractivity contribution in [2.45, 2.75) is 13.4 Å². The molecule has 0 saturated heterocycles. The van der Waals surface area contributed by atoms with E-state index in [1.165, 1.54) is 25.4 Å². The van der Waals surface area contributed by atoms with Crippen LogP contribution in [-0.2, 0) is 6.54 Å². The Kier molecular flexibility index (Phi) is 3.14. The van der Waals surface area contributed by atoms with Crippen molar-refractivity contribution in [2.75, 3.05) is 13.5 Å². The average Bonchev–Trinajstić information content (AvgIpc) is 2.42. The molecule has 1 heterocycles. The lowest BCUT2D eigenvalue weighted by molar-refractivity contribution is -0.404. The zero-order chi connectivity index (χ0) is 17.8. The summed E-state index contributed by atoms with van der Waals surface area (Å²) in [5.74, 6) is -0.286. The fraction of sp³-hybridized carbons (Fsp3) is 0.364. The Morgan fingerprint density at radius 1 is 1.83 bits per heavy atom. The Hall–Kier alpha value is -1.82. The van der Waals surface area contributed by atoms with Gasteiger partial charge in [-0.15, -0.1) is 0 Å². The summed E-state index contributed by atoms with van der Waals surface area (Å²) in [6.07, 6.45) is 1.84. The molecule has 98 valence electrons. The first kappa shape index (κ1) is 8.31. The number of nitro groups is 1. The van der Waals surface area contributed by atoms with E-state index >= 15 is 0 Å². The van der Waals surface area contributed by atoms with Crippen molar-refractivity contribution < 1.29 is 11.8 Å². The van der Waals surface area contributed by atoms with Crippen molar-refractivity contribution in [3.05, 3.63) is 51.2 Å². The molecule has 0 fully saturated rings. The third-order valence-electron chi connectivity index (χ3n) is 2.04. The van der Waals surface area contributed by atoms with Crippen LogP contribution >= 0.6 is 11.6 Å². The van der Waals surface area contributed by atoms with Crippen LogP contribution in [0.15, 0.2) is 30.4 Å². The second-order valence-corrected chi connectivity index (χ2v) is 3.62. The van der Waals surface area contributed by atoms with E-state index in [4.69, 9.17) is 18.5 Å². The minimum absolute atomic E-state index is 0.216. The van der Waals surface area contributed by atoms with Crippen LogP contribution in [0.5, 0.6) is 0 Å². The van der Waals surface area contributed by atoms with Crippen LogP contribution in [-0.4, -0.2) is 28.4 Å². The molecule has 0 unspecified atom stereocenters. The highest BCUT2D eigenvalue weighted by atomic mass is 35.5. The van der Waals surface area contributed by atoms with Gasteiger partial charge >= 0.3 is 0 Å². The molecule has 18 heavy (non-hydrogen) atoms. The zero-order valence-corrected chi connectivity index (χ0v) is 10.3. The summed E-state index contributed by atoms with van der Waals surface area (Å²) in [5.41, 5.74) is 0.437. The predicted molar refractivity (Wildman–Crippen MR) is 69.5 cm³/mol. The maximum absolute atomic E-state index is 10.7. The minimum Gasteiger partial charge on any atom is -0.370 e. The first-order chi connectivity index (χ1) is 10.5. The lowest BCUT2D eigenvalue weighted by Crippen LogP contribution is -2.30. The number of pyridine rings is 1. The van der Waals surface area contributed by atoms with Crippen LogP contribution in [0.1, 0.15) is 19.3 Å². The van der Waals surface area contributed by atoms with E-state index in [9.17, 15) is 10.1 Å².